The number of benzene rings is 1. The van der Waals surface area contributed by atoms with Crippen molar-refractivity contribution in [3.8, 4) is 5.88 Å². The quantitative estimate of drug-likeness (QED) is 0.831. The largest absolute Gasteiger partial charge is 0.473 e. The van der Waals surface area contributed by atoms with Crippen molar-refractivity contribution in [1.29, 1.82) is 0 Å². The predicted molar refractivity (Wildman–Crippen MR) is 96.8 cm³/mol. The standard InChI is InChI=1S/C17H18N2O2S2/c1-22-15-4-2-13(3-5-15)19-17(20)12-6-8-18-16(10-12)21-14-7-9-23-11-14/h2-6,8,10,14H,7,9,11H2,1H3,(H,19,20). The van der Waals surface area contributed by atoms with Crippen LogP contribution < -0.4 is 10.1 Å². The third-order valence-corrected chi connectivity index (χ3v) is 5.40. The fraction of sp³-hybridized carbons (Fsp3) is 0.294. The molecule has 1 amide bonds. The summed E-state index contributed by atoms with van der Waals surface area (Å²) in [7, 11) is 0. The van der Waals surface area contributed by atoms with Gasteiger partial charge >= 0.3 is 0 Å². The maximum Gasteiger partial charge on any atom is 0.255 e. The van der Waals surface area contributed by atoms with E-state index in [9.17, 15) is 4.79 Å². The van der Waals surface area contributed by atoms with E-state index in [0.717, 1.165) is 28.5 Å². The zero-order valence-electron chi connectivity index (χ0n) is 12.8. The molecule has 120 valence electrons. The maximum atomic E-state index is 12.4. The Hall–Kier alpha value is -1.66. The number of hydrogen-bond acceptors (Lipinski definition) is 5. The van der Waals surface area contributed by atoms with Crippen molar-refractivity contribution in [2.75, 3.05) is 23.1 Å². The van der Waals surface area contributed by atoms with Crippen LogP contribution in [0.3, 0.4) is 0 Å². The summed E-state index contributed by atoms with van der Waals surface area (Å²) < 4.78 is 5.83. The van der Waals surface area contributed by atoms with Gasteiger partial charge in [0.25, 0.3) is 5.91 Å². The van der Waals surface area contributed by atoms with Crippen LogP contribution in [0.4, 0.5) is 5.69 Å². The summed E-state index contributed by atoms with van der Waals surface area (Å²) in [5, 5.41) is 2.89. The Bertz CT molecular complexity index is 671. The lowest BCUT2D eigenvalue weighted by atomic mass is 10.2. The Labute approximate surface area is 144 Å². The zero-order chi connectivity index (χ0) is 16.1. The Kier molecular flexibility index (Phi) is 5.46. The molecule has 0 aliphatic carbocycles. The number of aromatic nitrogens is 1. The minimum absolute atomic E-state index is 0.157. The van der Waals surface area contributed by atoms with Crippen molar-refractivity contribution >= 4 is 35.1 Å². The van der Waals surface area contributed by atoms with Crippen LogP contribution in [0.2, 0.25) is 0 Å². The van der Waals surface area contributed by atoms with E-state index in [-0.39, 0.29) is 12.0 Å². The fourth-order valence-electron chi connectivity index (χ4n) is 2.27. The third kappa shape index (κ3) is 4.42. The first-order chi connectivity index (χ1) is 11.2. The number of rotatable bonds is 5. The van der Waals surface area contributed by atoms with Crippen LogP contribution in [-0.4, -0.2) is 34.8 Å². The van der Waals surface area contributed by atoms with E-state index in [4.69, 9.17) is 4.74 Å². The molecule has 0 spiro atoms. The van der Waals surface area contributed by atoms with E-state index in [1.54, 1.807) is 30.1 Å². The number of nitrogens with zero attached hydrogens (tertiary/aromatic N) is 1. The van der Waals surface area contributed by atoms with Gasteiger partial charge in [0, 0.05) is 34.2 Å². The molecule has 0 radical (unpaired) electrons. The number of carbonyl (C=O) groups is 1. The molecule has 0 saturated carbocycles. The summed E-state index contributed by atoms with van der Waals surface area (Å²) in [6.07, 6.45) is 4.87. The minimum atomic E-state index is -0.157. The summed E-state index contributed by atoms with van der Waals surface area (Å²) in [5.41, 5.74) is 1.33. The molecule has 1 aromatic heterocycles. The van der Waals surface area contributed by atoms with Crippen LogP contribution in [0.5, 0.6) is 5.88 Å². The average molecular weight is 346 g/mol. The van der Waals surface area contributed by atoms with Gasteiger partial charge in [0.1, 0.15) is 6.10 Å². The van der Waals surface area contributed by atoms with Crippen LogP contribution >= 0.6 is 23.5 Å². The van der Waals surface area contributed by atoms with Gasteiger partial charge in [-0.2, -0.15) is 11.8 Å². The van der Waals surface area contributed by atoms with Gasteiger partial charge in [-0.05, 0) is 48.8 Å². The smallest absolute Gasteiger partial charge is 0.255 e. The van der Waals surface area contributed by atoms with Crippen LogP contribution in [0.1, 0.15) is 16.8 Å². The molecule has 1 aromatic carbocycles. The summed E-state index contributed by atoms with van der Waals surface area (Å²) in [6, 6.07) is 11.2. The number of nitrogens with one attached hydrogen (secondary N) is 1. The number of carbonyl (C=O) groups excluding carboxylic acids is 1. The normalized spacial score (nSPS) is 17.0. The number of ether oxygens (including phenoxy) is 1. The minimum Gasteiger partial charge on any atom is -0.473 e. The van der Waals surface area contributed by atoms with Gasteiger partial charge in [-0.25, -0.2) is 4.98 Å². The molecule has 6 heteroatoms. The van der Waals surface area contributed by atoms with Gasteiger partial charge in [0.05, 0.1) is 0 Å². The molecular formula is C17H18N2O2S2. The van der Waals surface area contributed by atoms with Gasteiger partial charge in [-0.1, -0.05) is 0 Å². The lowest BCUT2D eigenvalue weighted by Gasteiger charge is -2.12. The molecule has 1 atom stereocenters. The highest BCUT2D eigenvalue weighted by Gasteiger charge is 2.18. The highest BCUT2D eigenvalue weighted by molar-refractivity contribution is 7.99. The van der Waals surface area contributed by atoms with Gasteiger partial charge in [-0.3, -0.25) is 4.79 Å². The third-order valence-electron chi connectivity index (χ3n) is 3.52. The molecule has 2 heterocycles. The van der Waals surface area contributed by atoms with Crippen molar-refractivity contribution in [2.45, 2.75) is 17.4 Å². The monoisotopic (exact) mass is 346 g/mol. The molecule has 2 aromatic rings. The maximum absolute atomic E-state index is 12.4. The van der Waals surface area contributed by atoms with E-state index >= 15 is 0 Å². The van der Waals surface area contributed by atoms with Crippen molar-refractivity contribution in [3.05, 3.63) is 48.2 Å². The molecule has 1 fully saturated rings. The first-order valence-electron chi connectivity index (χ1n) is 7.40. The zero-order valence-corrected chi connectivity index (χ0v) is 14.5. The summed E-state index contributed by atoms with van der Waals surface area (Å²) in [4.78, 5) is 17.7. The Morgan fingerprint density at radius 3 is 2.87 bits per heavy atom. The lowest BCUT2D eigenvalue weighted by molar-refractivity contribution is 0.102. The molecule has 1 aliphatic heterocycles. The molecule has 3 rings (SSSR count). The first kappa shape index (κ1) is 16.2. The second-order valence-electron chi connectivity index (χ2n) is 5.17. The van der Waals surface area contributed by atoms with E-state index < -0.39 is 0 Å². The first-order valence-corrected chi connectivity index (χ1v) is 9.78. The number of amides is 1. The van der Waals surface area contributed by atoms with E-state index in [0.29, 0.717) is 11.4 Å². The molecule has 1 saturated heterocycles. The Balaban J connectivity index is 1.66. The van der Waals surface area contributed by atoms with E-state index in [1.165, 1.54) is 0 Å². The van der Waals surface area contributed by atoms with Crippen LogP contribution in [0.15, 0.2) is 47.5 Å². The summed E-state index contributed by atoms with van der Waals surface area (Å²) in [6.45, 7) is 0. The SMILES string of the molecule is CSc1ccc(NC(=O)c2ccnc(OC3CCSC3)c2)cc1. The van der Waals surface area contributed by atoms with Crippen LogP contribution in [0, 0.1) is 0 Å². The van der Waals surface area contributed by atoms with Gasteiger partial charge in [0.15, 0.2) is 0 Å². The van der Waals surface area contributed by atoms with E-state index in [1.807, 2.05) is 42.3 Å². The Morgan fingerprint density at radius 2 is 2.17 bits per heavy atom. The van der Waals surface area contributed by atoms with Gasteiger partial charge < -0.3 is 10.1 Å². The summed E-state index contributed by atoms with van der Waals surface area (Å²) >= 11 is 3.55. The number of pyridine rings is 1. The van der Waals surface area contributed by atoms with Gasteiger partial charge in [-0.15, -0.1) is 11.8 Å². The Morgan fingerprint density at radius 1 is 1.35 bits per heavy atom. The summed E-state index contributed by atoms with van der Waals surface area (Å²) in [5.74, 6) is 2.47. The van der Waals surface area contributed by atoms with Crippen molar-refractivity contribution in [2.24, 2.45) is 0 Å². The highest BCUT2D eigenvalue weighted by atomic mass is 32.2. The molecular weight excluding hydrogens is 328 g/mol. The molecule has 23 heavy (non-hydrogen) atoms. The highest BCUT2D eigenvalue weighted by Crippen LogP contribution is 2.23. The second kappa shape index (κ2) is 7.75. The van der Waals surface area contributed by atoms with E-state index in [2.05, 4.69) is 10.3 Å². The molecule has 0 bridgehead atoms. The molecule has 1 N–H and O–H groups in total. The van der Waals surface area contributed by atoms with Crippen LogP contribution in [0.25, 0.3) is 0 Å². The number of thioether (sulfide) groups is 2. The van der Waals surface area contributed by atoms with Crippen LogP contribution in [-0.2, 0) is 0 Å². The number of anilines is 1. The second-order valence-corrected chi connectivity index (χ2v) is 7.20. The molecule has 1 aliphatic rings. The topological polar surface area (TPSA) is 51.2 Å². The average Bonchev–Trinajstić information content (AvgIpc) is 3.09. The van der Waals surface area contributed by atoms with Gasteiger partial charge in [0.2, 0.25) is 5.88 Å². The van der Waals surface area contributed by atoms with Crippen molar-refractivity contribution in [1.82, 2.24) is 4.98 Å². The van der Waals surface area contributed by atoms with Crippen molar-refractivity contribution in [3.63, 3.8) is 0 Å². The number of hydrogen-bond donors (Lipinski definition) is 1. The fourth-order valence-corrected chi connectivity index (χ4v) is 3.77. The lowest BCUT2D eigenvalue weighted by Crippen LogP contribution is -2.17. The molecule has 1 unspecified atom stereocenters. The predicted octanol–water partition coefficient (Wildman–Crippen LogP) is 3.94. The molecule has 4 nitrogen and oxygen atoms in total. The van der Waals surface area contributed by atoms with Crippen molar-refractivity contribution < 1.29 is 9.53 Å².